The predicted octanol–water partition coefficient (Wildman–Crippen LogP) is 4.58. The van der Waals surface area contributed by atoms with Crippen LogP contribution in [0.5, 0.6) is 0 Å². The van der Waals surface area contributed by atoms with Crippen molar-refractivity contribution in [3.63, 3.8) is 0 Å². The van der Waals surface area contributed by atoms with Crippen LogP contribution < -0.4 is 0 Å². The van der Waals surface area contributed by atoms with Gasteiger partial charge in [0.05, 0.1) is 0 Å². The van der Waals surface area contributed by atoms with Gasteiger partial charge in [-0.25, -0.2) is 4.39 Å². The van der Waals surface area contributed by atoms with Crippen LogP contribution in [0.2, 0.25) is 5.02 Å². The molecule has 2 nitrogen and oxygen atoms in total. The van der Waals surface area contributed by atoms with Crippen LogP contribution in [0.15, 0.2) is 18.2 Å². The highest BCUT2D eigenvalue weighted by atomic mass is 35.5. The van der Waals surface area contributed by atoms with E-state index in [4.69, 9.17) is 16.3 Å². The van der Waals surface area contributed by atoms with Crippen molar-refractivity contribution in [1.82, 2.24) is 0 Å². The summed E-state index contributed by atoms with van der Waals surface area (Å²) in [4.78, 5) is 12.7. The van der Waals surface area contributed by atoms with Gasteiger partial charge in [0.2, 0.25) is 0 Å². The van der Waals surface area contributed by atoms with E-state index >= 15 is 0 Å². The van der Waals surface area contributed by atoms with Gasteiger partial charge < -0.3 is 4.74 Å². The second-order valence-corrected chi connectivity index (χ2v) is 6.35. The molecule has 1 aliphatic rings. The van der Waals surface area contributed by atoms with Crippen molar-refractivity contribution in [2.24, 2.45) is 5.92 Å². The zero-order valence-corrected chi connectivity index (χ0v) is 13.4. The van der Waals surface area contributed by atoms with Crippen molar-refractivity contribution in [2.45, 2.75) is 51.6 Å². The minimum Gasteiger partial charge on any atom is -0.367 e. The van der Waals surface area contributed by atoms with E-state index in [2.05, 4.69) is 6.92 Å². The second-order valence-electron chi connectivity index (χ2n) is 5.95. The van der Waals surface area contributed by atoms with Crippen LogP contribution >= 0.6 is 11.6 Å². The van der Waals surface area contributed by atoms with Crippen LogP contribution in [0.4, 0.5) is 4.39 Å². The number of Topliss-reactive ketones (excluding diaryl/α,β-unsaturated/α-hetero) is 1. The lowest BCUT2D eigenvalue weighted by atomic mass is 9.76. The molecule has 0 saturated heterocycles. The number of ether oxygens (including phenoxy) is 1. The van der Waals surface area contributed by atoms with Gasteiger partial charge in [0.15, 0.2) is 5.78 Å². The molecule has 21 heavy (non-hydrogen) atoms. The van der Waals surface area contributed by atoms with Gasteiger partial charge >= 0.3 is 0 Å². The Bertz CT molecular complexity index is 508. The third-order valence-corrected chi connectivity index (χ3v) is 4.74. The number of rotatable bonds is 5. The van der Waals surface area contributed by atoms with E-state index in [0.717, 1.165) is 25.7 Å². The van der Waals surface area contributed by atoms with Crippen molar-refractivity contribution in [3.8, 4) is 0 Å². The molecule has 1 fully saturated rings. The zero-order chi connectivity index (χ0) is 15.5. The summed E-state index contributed by atoms with van der Waals surface area (Å²) < 4.78 is 19.2. The summed E-state index contributed by atoms with van der Waals surface area (Å²) in [6.45, 7) is 4.61. The molecule has 1 aromatic rings. The lowest BCUT2D eigenvalue weighted by Crippen LogP contribution is -2.45. The number of halogens is 2. The van der Waals surface area contributed by atoms with Gasteiger partial charge in [0.25, 0.3) is 0 Å². The molecule has 0 amide bonds. The van der Waals surface area contributed by atoms with Gasteiger partial charge in [-0.1, -0.05) is 18.5 Å². The Kier molecular flexibility index (Phi) is 5.39. The van der Waals surface area contributed by atoms with E-state index in [9.17, 15) is 9.18 Å². The van der Waals surface area contributed by atoms with E-state index < -0.39 is 5.60 Å². The molecule has 1 aromatic carbocycles. The van der Waals surface area contributed by atoms with Crippen LogP contribution in [0.25, 0.3) is 0 Å². The molecule has 1 saturated carbocycles. The largest absolute Gasteiger partial charge is 0.367 e. The van der Waals surface area contributed by atoms with E-state index in [-0.39, 0.29) is 18.0 Å². The molecule has 0 N–H and O–H groups in total. The summed E-state index contributed by atoms with van der Waals surface area (Å²) in [6, 6.07) is 4.14. The lowest BCUT2D eigenvalue weighted by molar-refractivity contribution is -0.149. The molecule has 4 heteroatoms. The van der Waals surface area contributed by atoms with Gasteiger partial charge in [-0.15, -0.1) is 0 Å². The molecular weight excluding hydrogens is 291 g/mol. The number of carbonyl (C=O) groups is 1. The highest BCUT2D eigenvalue weighted by molar-refractivity contribution is 6.31. The molecule has 2 rings (SSSR count). The van der Waals surface area contributed by atoms with Gasteiger partial charge in [0.1, 0.15) is 11.4 Å². The molecular formula is C17H22ClFO2. The average molecular weight is 313 g/mol. The molecule has 0 radical (unpaired) electrons. The standard InChI is InChI=1S/C17H22ClFO2/c1-3-21-17(8-6-12(2)7-9-17)16(20)11-13-10-14(19)4-5-15(13)18/h4-5,10,12H,3,6-9,11H2,1-2H3. The minimum absolute atomic E-state index is 0.0174. The van der Waals surface area contributed by atoms with Crippen molar-refractivity contribution >= 4 is 17.4 Å². The quantitative estimate of drug-likeness (QED) is 0.795. The summed E-state index contributed by atoms with van der Waals surface area (Å²) in [5.41, 5.74) is -0.170. The second kappa shape index (κ2) is 6.89. The normalized spacial score (nSPS) is 25.8. The summed E-state index contributed by atoms with van der Waals surface area (Å²) in [5, 5.41) is 0.431. The Hall–Kier alpha value is -0.930. The predicted molar refractivity (Wildman–Crippen MR) is 82.1 cm³/mol. The van der Waals surface area contributed by atoms with Crippen LogP contribution in [0, 0.1) is 11.7 Å². The SMILES string of the molecule is CCOC1(C(=O)Cc2cc(F)ccc2Cl)CCC(C)CC1. The fourth-order valence-corrected chi connectivity index (χ4v) is 3.21. The van der Waals surface area contributed by atoms with Crippen molar-refractivity contribution in [2.75, 3.05) is 6.61 Å². The Morgan fingerprint density at radius 3 is 2.71 bits per heavy atom. The van der Waals surface area contributed by atoms with Crippen LogP contribution in [0.1, 0.15) is 45.1 Å². The first-order valence-electron chi connectivity index (χ1n) is 7.58. The van der Waals surface area contributed by atoms with Gasteiger partial charge in [-0.2, -0.15) is 0 Å². The van der Waals surface area contributed by atoms with Gasteiger partial charge in [-0.3, -0.25) is 4.79 Å². The maximum atomic E-state index is 13.3. The number of hydrogen-bond acceptors (Lipinski definition) is 2. The first kappa shape index (κ1) is 16.4. The van der Waals surface area contributed by atoms with Crippen LogP contribution in [-0.2, 0) is 16.0 Å². The smallest absolute Gasteiger partial charge is 0.169 e. The van der Waals surface area contributed by atoms with Crippen molar-refractivity contribution in [1.29, 1.82) is 0 Å². The van der Waals surface area contributed by atoms with E-state index in [1.54, 1.807) is 0 Å². The molecule has 0 bridgehead atoms. The van der Waals surface area contributed by atoms with E-state index in [0.29, 0.717) is 23.1 Å². The third kappa shape index (κ3) is 3.83. The van der Waals surface area contributed by atoms with E-state index in [1.165, 1.54) is 18.2 Å². The molecule has 0 heterocycles. The minimum atomic E-state index is -0.711. The maximum Gasteiger partial charge on any atom is 0.169 e. The maximum absolute atomic E-state index is 13.3. The highest BCUT2D eigenvalue weighted by Crippen LogP contribution is 2.36. The zero-order valence-electron chi connectivity index (χ0n) is 12.6. The molecule has 0 aromatic heterocycles. The Labute approximate surface area is 130 Å². The number of ketones is 1. The van der Waals surface area contributed by atoms with Crippen molar-refractivity contribution < 1.29 is 13.9 Å². The topological polar surface area (TPSA) is 26.3 Å². The molecule has 0 atom stereocenters. The highest BCUT2D eigenvalue weighted by Gasteiger charge is 2.41. The van der Waals surface area contributed by atoms with Gasteiger partial charge in [0, 0.05) is 18.1 Å². The van der Waals surface area contributed by atoms with Crippen LogP contribution in [-0.4, -0.2) is 18.0 Å². The first-order valence-corrected chi connectivity index (χ1v) is 7.96. The fourth-order valence-electron chi connectivity index (χ4n) is 3.02. The summed E-state index contributed by atoms with van der Waals surface area (Å²) in [7, 11) is 0. The Balaban J connectivity index is 2.17. The Morgan fingerprint density at radius 1 is 1.43 bits per heavy atom. The molecule has 0 spiro atoms. The monoisotopic (exact) mass is 312 g/mol. The molecule has 0 aliphatic heterocycles. The Morgan fingerprint density at radius 2 is 2.10 bits per heavy atom. The first-order chi connectivity index (χ1) is 9.97. The summed E-state index contributed by atoms with van der Waals surface area (Å²) >= 11 is 6.07. The molecule has 116 valence electrons. The van der Waals surface area contributed by atoms with Crippen molar-refractivity contribution in [3.05, 3.63) is 34.6 Å². The van der Waals surface area contributed by atoms with E-state index in [1.807, 2.05) is 6.92 Å². The lowest BCUT2D eigenvalue weighted by Gasteiger charge is -2.38. The van der Waals surface area contributed by atoms with Crippen LogP contribution in [0.3, 0.4) is 0 Å². The fraction of sp³-hybridized carbons (Fsp3) is 0.588. The average Bonchev–Trinajstić information content (AvgIpc) is 2.46. The molecule has 0 unspecified atom stereocenters. The third-order valence-electron chi connectivity index (χ3n) is 4.37. The number of benzene rings is 1. The summed E-state index contributed by atoms with van der Waals surface area (Å²) in [6.07, 6.45) is 3.60. The molecule has 1 aliphatic carbocycles. The summed E-state index contributed by atoms with van der Waals surface area (Å²) in [5.74, 6) is 0.276. The number of carbonyl (C=O) groups excluding carboxylic acids is 1. The van der Waals surface area contributed by atoms with Gasteiger partial charge in [-0.05, 0) is 62.3 Å². The number of hydrogen-bond donors (Lipinski definition) is 0.